The lowest BCUT2D eigenvalue weighted by Gasteiger charge is -2.15. The third-order valence-corrected chi connectivity index (χ3v) is 5.47. The molecule has 134 valence electrons. The molecule has 0 saturated heterocycles. The molecule has 1 aliphatic carbocycles. The van der Waals surface area contributed by atoms with E-state index < -0.39 is 0 Å². The predicted molar refractivity (Wildman–Crippen MR) is 99.4 cm³/mol. The first-order valence-corrected chi connectivity index (χ1v) is 8.92. The summed E-state index contributed by atoms with van der Waals surface area (Å²) in [4.78, 5) is 14.1. The Bertz CT molecular complexity index is 776. The largest absolute Gasteiger partial charge is 0.493 e. The van der Waals surface area contributed by atoms with Gasteiger partial charge in [-0.2, -0.15) is 0 Å². The molecule has 1 aliphatic rings. The lowest BCUT2D eigenvalue weighted by molar-refractivity contribution is 0.102. The molecule has 0 unspecified atom stereocenters. The third-order valence-electron chi connectivity index (χ3n) is 4.35. The second kappa shape index (κ2) is 7.23. The Labute approximate surface area is 150 Å². The molecule has 0 spiro atoms. The summed E-state index contributed by atoms with van der Waals surface area (Å²) in [6.07, 6.45) is 4.15. The molecule has 1 amide bonds. The van der Waals surface area contributed by atoms with E-state index in [1.165, 1.54) is 37.5 Å². The summed E-state index contributed by atoms with van der Waals surface area (Å²) in [5, 5.41) is 3.49. The van der Waals surface area contributed by atoms with Crippen molar-refractivity contribution in [1.29, 1.82) is 0 Å². The van der Waals surface area contributed by atoms with Crippen molar-refractivity contribution in [1.82, 2.24) is 0 Å². The Hall–Kier alpha value is -2.41. The van der Waals surface area contributed by atoms with Gasteiger partial charge in [0.25, 0.3) is 5.91 Å². The maximum Gasteiger partial charge on any atom is 0.258 e. The van der Waals surface area contributed by atoms with Crippen LogP contribution < -0.4 is 25.3 Å². The lowest BCUT2D eigenvalue weighted by atomic mass is 9.95. The van der Waals surface area contributed by atoms with Crippen LogP contribution in [0.2, 0.25) is 0 Å². The summed E-state index contributed by atoms with van der Waals surface area (Å²) in [5.74, 6) is 1.25. The van der Waals surface area contributed by atoms with Crippen LogP contribution in [-0.4, -0.2) is 27.2 Å². The molecule has 0 bridgehead atoms. The average molecular weight is 362 g/mol. The maximum atomic E-state index is 12.8. The van der Waals surface area contributed by atoms with E-state index in [1.807, 2.05) is 0 Å². The number of hydrogen-bond acceptors (Lipinski definition) is 6. The Morgan fingerprint density at radius 2 is 1.72 bits per heavy atom. The van der Waals surface area contributed by atoms with Gasteiger partial charge in [0.1, 0.15) is 0 Å². The number of benzene rings is 1. The van der Waals surface area contributed by atoms with Gasteiger partial charge in [-0.3, -0.25) is 4.79 Å². The molecule has 3 rings (SSSR count). The topological polar surface area (TPSA) is 82.8 Å². The highest BCUT2D eigenvalue weighted by Crippen LogP contribution is 2.41. The van der Waals surface area contributed by atoms with Gasteiger partial charge in [-0.25, -0.2) is 0 Å². The van der Waals surface area contributed by atoms with Crippen molar-refractivity contribution >= 4 is 27.9 Å². The molecular formula is C18H22N2O4S. The molecule has 0 aliphatic heterocycles. The van der Waals surface area contributed by atoms with Crippen LogP contribution in [0.1, 0.15) is 33.6 Å². The van der Waals surface area contributed by atoms with Crippen molar-refractivity contribution in [3.05, 3.63) is 28.1 Å². The number of nitrogens with two attached hydrogens (primary N) is 1. The van der Waals surface area contributed by atoms with E-state index in [9.17, 15) is 4.79 Å². The summed E-state index contributed by atoms with van der Waals surface area (Å²) in [5.41, 5.74) is 8.39. The highest BCUT2D eigenvalue weighted by atomic mass is 32.1. The van der Waals surface area contributed by atoms with Gasteiger partial charge in [0.15, 0.2) is 11.5 Å². The number of aryl methyl sites for hydroxylation is 1. The fourth-order valence-corrected chi connectivity index (χ4v) is 4.34. The number of hydrogen-bond donors (Lipinski definition) is 2. The first-order valence-electron chi connectivity index (χ1n) is 8.10. The molecular weight excluding hydrogens is 340 g/mol. The van der Waals surface area contributed by atoms with Gasteiger partial charge in [0.2, 0.25) is 5.75 Å². The summed E-state index contributed by atoms with van der Waals surface area (Å²) >= 11 is 1.52. The van der Waals surface area contributed by atoms with Crippen molar-refractivity contribution in [2.75, 3.05) is 32.4 Å². The molecule has 3 N–H and O–H groups in total. The zero-order valence-electron chi connectivity index (χ0n) is 14.6. The fraction of sp³-hybridized carbons (Fsp3) is 0.389. The van der Waals surface area contributed by atoms with Gasteiger partial charge in [-0.1, -0.05) is 0 Å². The quantitative estimate of drug-likeness (QED) is 0.851. The van der Waals surface area contributed by atoms with Crippen molar-refractivity contribution in [3.8, 4) is 17.2 Å². The molecule has 25 heavy (non-hydrogen) atoms. The number of nitrogen functional groups attached to an aromatic ring is 1. The molecule has 1 heterocycles. The van der Waals surface area contributed by atoms with E-state index >= 15 is 0 Å². The first-order chi connectivity index (χ1) is 12.1. The van der Waals surface area contributed by atoms with Gasteiger partial charge in [-0.15, -0.1) is 11.3 Å². The van der Waals surface area contributed by atoms with Crippen molar-refractivity contribution in [3.63, 3.8) is 0 Å². The highest BCUT2D eigenvalue weighted by molar-refractivity contribution is 7.16. The van der Waals surface area contributed by atoms with Crippen LogP contribution in [0.4, 0.5) is 10.7 Å². The van der Waals surface area contributed by atoms with Crippen molar-refractivity contribution in [2.24, 2.45) is 0 Å². The maximum absolute atomic E-state index is 12.8. The summed E-state index contributed by atoms with van der Waals surface area (Å²) in [6.45, 7) is 0. The van der Waals surface area contributed by atoms with Crippen LogP contribution in [0, 0.1) is 0 Å². The minimum Gasteiger partial charge on any atom is -0.493 e. The number of fused-ring (bicyclic) bond motifs is 1. The minimum absolute atomic E-state index is 0.203. The zero-order chi connectivity index (χ0) is 18.0. The van der Waals surface area contributed by atoms with Gasteiger partial charge in [-0.05, 0) is 31.2 Å². The standard InChI is InChI=1S/C18H22N2O4S/c1-22-12-8-10(9-13(23-2)16(12)24-3)20-18(21)15-11-6-4-5-7-14(11)25-17(15)19/h8-9H,4-7,19H2,1-3H3,(H,20,21). The molecule has 6 nitrogen and oxygen atoms in total. The monoisotopic (exact) mass is 362 g/mol. The minimum atomic E-state index is -0.203. The number of amides is 1. The van der Waals surface area contributed by atoms with Crippen LogP contribution in [0.15, 0.2) is 12.1 Å². The summed E-state index contributed by atoms with van der Waals surface area (Å²) in [6, 6.07) is 3.41. The van der Waals surface area contributed by atoms with Crippen molar-refractivity contribution in [2.45, 2.75) is 25.7 Å². The molecule has 0 atom stereocenters. The number of ether oxygens (including phenoxy) is 3. The van der Waals surface area contributed by atoms with Gasteiger partial charge >= 0.3 is 0 Å². The second-order valence-electron chi connectivity index (χ2n) is 5.82. The third kappa shape index (κ3) is 3.24. The molecule has 7 heteroatoms. The Morgan fingerprint density at radius 3 is 2.32 bits per heavy atom. The molecule has 0 radical (unpaired) electrons. The van der Waals surface area contributed by atoms with E-state index in [4.69, 9.17) is 19.9 Å². The highest BCUT2D eigenvalue weighted by Gasteiger charge is 2.24. The zero-order valence-corrected chi connectivity index (χ0v) is 15.4. The van der Waals surface area contributed by atoms with Crippen LogP contribution in [0.5, 0.6) is 17.2 Å². The lowest BCUT2D eigenvalue weighted by Crippen LogP contribution is -2.16. The SMILES string of the molecule is COc1cc(NC(=O)c2c(N)sc3c2CCCC3)cc(OC)c1OC. The van der Waals surface area contributed by atoms with Crippen LogP contribution in [0.3, 0.4) is 0 Å². The van der Waals surface area contributed by atoms with Gasteiger partial charge in [0.05, 0.1) is 31.9 Å². The van der Waals surface area contributed by atoms with E-state index in [2.05, 4.69) is 5.32 Å². The number of rotatable bonds is 5. The molecule has 1 aromatic heterocycles. The Balaban J connectivity index is 1.93. The predicted octanol–water partition coefficient (Wildman–Crippen LogP) is 3.49. The van der Waals surface area contributed by atoms with E-state index in [0.29, 0.717) is 33.5 Å². The Kier molecular flexibility index (Phi) is 5.03. The first kappa shape index (κ1) is 17.4. The number of carbonyl (C=O) groups excluding carboxylic acids is 1. The summed E-state index contributed by atoms with van der Waals surface area (Å²) < 4.78 is 16.0. The van der Waals surface area contributed by atoms with Crippen LogP contribution in [0.25, 0.3) is 0 Å². The molecule has 1 aromatic carbocycles. The molecule has 2 aromatic rings. The normalized spacial score (nSPS) is 13.1. The number of nitrogens with one attached hydrogen (secondary N) is 1. The summed E-state index contributed by atoms with van der Waals surface area (Å²) in [7, 11) is 4.61. The van der Waals surface area contributed by atoms with Gasteiger partial charge < -0.3 is 25.3 Å². The Morgan fingerprint density at radius 1 is 1.08 bits per heavy atom. The average Bonchev–Trinajstić information content (AvgIpc) is 2.96. The van der Waals surface area contributed by atoms with E-state index in [-0.39, 0.29) is 5.91 Å². The number of thiophene rings is 1. The number of anilines is 2. The van der Waals surface area contributed by atoms with Gasteiger partial charge in [0, 0.05) is 22.7 Å². The molecule has 0 saturated carbocycles. The number of methoxy groups -OCH3 is 3. The van der Waals surface area contributed by atoms with E-state index in [0.717, 1.165) is 31.2 Å². The second-order valence-corrected chi connectivity index (χ2v) is 6.96. The fourth-order valence-electron chi connectivity index (χ4n) is 3.18. The van der Waals surface area contributed by atoms with Crippen molar-refractivity contribution < 1.29 is 19.0 Å². The van der Waals surface area contributed by atoms with Crippen LogP contribution >= 0.6 is 11.3 Å². The van der Waals surface area contributed by atoms with Crippen LogP contribution in [-0.2, 0) is 12.8 Å². The number of carbonyl (C=O) groups is 1. The molecule has 0 fully saturated rings. The smallest absolute Gasteiger partial charge is 0.258 e. The van der Waals surface area contributed by atoms with E-state index in [1.54, 1.807) is 12.1 Å².